The lowest BCUT2D eigenvalue weighted by Crippen LogP contribution is -2.29. The van der Waals surface area contributed by atoms with Crippen molar-refractivity contribution in [3.05, 3.63) is 157 Å². The van der Waals surface area contributed by atoms with Crippen molar-refractivity contribution in [3.63, 3.8) is 0 Å². The Morgan fingerprint density at radius 1 is 0.477 bits per heavy atom. The monoisotopic (exact) mass is 578 g/mol. The molecule has 0 aliphatic carbocycles. The van der Waals surface area contributed by atoms with Crippen LogP contribution in [0, 0.1) is 0 Å². The highest BCUT2D eigenvalue weighted by molar-refractivity contribution is 7.25. The highest BCUT2D eigenvalue weighted by Gasteiger charge is 2.15. The maximum atomic E-state index is 4.13. The standard InChI is InChI=1S/C43H30S/c1-3-12-36-34(4-2)42(37-18-7-8-19-38(37)43(36)33-22-21-28-13-5-6-14-29(28)25-33)32-16-11-15-30(26-32)31-23-24-41-39(27-31)35-17-9-10-20-40(35)44-41/h3-27H,1H2,2H3/b34-4+,36-12+. The molecule has 0 fully saturated rings. The Balaban J connectivity index is 1.39. The summed E-state index contributed by atoms with van der Waals surface area (Å²) >= 11 is 1.86. The summed E-state index contributed by atoms with van der Waals surface area (Å²) in [6.07, 6.45) is 6.36. The summed E-state index contributed by atoms with van der Waals surface area (Å²) < 4.78 is 2.66. The molecule has 1 heteroatoms. The Hall–Kier alpha value is -5.24. The number of hydrogen-bond acceptors (Lipinski definition) is 1. The van der Waals surface area contributed by atoms with Crippen LogP contribution in [-0.2, 0) is 0 Å². The molecule has 0 aliphatic heterocycles. The van der Waals surface area contributed by atoms with Crippen LogP contribution < -0.4 is 10.4 Å². The molecule has 1 aromatic heterocycles. The summed E-state index contributed by atoms with van der Waals surface area (Å²) in [4.78, 5) is 0. The van der Waals surface area contributed by atoms with Gasteiger partial charge in [-0.15, -0.1) is 11.3 Å². The van der Waals surface area contributed by atoms with Crippen LogP contribution in [0.25, 0.3) is 87.2 Å². The van der Waals surface area contributed by atoms with Crippen LogP contribution in [0.5, 0.6) is 0 Å². The van der Waals surface area contributed by atoms with Crippen molar-refractivity contribution < 1.29 is 0 Å². The quantitative estimate of drug-likeness (QED) is 0.195. The Labute approximate surface area is 261 Å². The molecule has 8 aromatic rings. The second kappa shape index (κ2) is 10.8. The van der Waals surface area contributed by atoms with E-state index in [0.717, 1.165) is 0 Å². The maximum absolute atomic E-state index is 4.13. The number of hydrogen-bond donors (Lipinski definition) is 0. The van der Waals surface area contributed by atoms with Crippen LogP contribution in [0.15, 0.2) is 146 Å². The highest BCUT2D eigenvalue weighted by Crippen LogP contribution is 2.38. The third-order valence-electron chi connectivity index (χ3n) is 8.77. The molecule has 0 N–H and O–H groups in total. The van der Waals surface area contributed by atoms with Crippen molar-refractivity contribution in [2.75, 3.05) is 0 Å². The van der Waals surface area contributed by atoms with Crippen molar-refractivity contribution >= 4 is 65.2 Å². The van der Waals surface area contributed by atoms with Gasteiger partial charge >= 0.3 is 0 Å². The highest BCUT2D eigenvalue weighted by atomic mass is 32.1. The van der Waals surface area contributed by atoms with Gasteiger partial charge in [-0.1, -0.05) is 128 Å². The van der Waals surface area contributed by atoms with Gasteiger partial charge in [-0.25, -0.2) is 0 Å². The second-order valence-corrected chi connectivity index (χ2v) is 12.3. The molecular formula is C43H30S. The van der Waals surface area contributed by atoms with E-state index >= 15 is 0 Å². The first kappa shape index (κ1) is 26.4. The van der Waals surface area contributed by atoms with Crippen molar-refractivity contribution in [2.24, 2.45) is 0 Å². The number of benzene rings is 7. The first-order valence-corrected chi connectivity index (χ1v) is 15.9. The van der Waals surface area contributed by atoms with E-state index in [0.29, 0.717) is 0 Å². The van der Waals surface area contributed by atoms with Gasteiger partial charge in [-0.2, -0.15) is 0 Å². The van der Waals surface area contributed by atoms with Crippen molar-refractivity contribution in [3.8, 4) is 33.4 Å². The average Bonchev–Trinajstić information content (AvgIpc) is 3.45. The van der Waals surface area contributed by atoms with Crippen LogP contribution in [0.3, 0.4) is 0 Å². The predicted octanol–water partition coefficient (Wildman–Crippen LogP) is 11.1. The predicted molar refractivity (Wildman–Crippen MR) is 195 cm³/mol. The minimum atomic E-state index is 1.20. The van der Waals surface area contributed by atoms with Crippen molar-refractivity contribution in [2.45, 2.75) is 6.92 Å². The Morgan fingerprint density at radius 3 is 1.89 bits per heavy atom. The molecule has 0 unspecified atom stereocenters. The third-order valence-corrected chi connectivity index (χ3v) is 9.92. The van der Waals surface area contributed by atoms with Gasteiger partial charge in [0.25, 0.3) is 0 Å². The van der Waals surface area contributed by atoms with E-state index in [9.17, 15) is 0 Å². The lowest BCUT2D eigenvalue weighted by molar-refractivity contribution is 1.51. The topological polar surface area (TPSA) is 0 Å². The van der Waals surface area contributed by atoms with Gasteiger partial charge in [0.05, 0.1) is 0 Å². The van der Waals surface area contributed by atoms with Gasteiger partial charge in [0.2, 0.25) is 0 Å². The number of fused-ring (bicyclic) bond motifs is 5. The molecule has 0 spiro atoms. The molecule has 44 heavy (non-hydrogen) atoms. The fourth-order valence-electron chi connectivity index (χ4n) is 6.80. The summed E-state index contributed by atoms with van der Waals surface area (Å²) in [7, 11) is 0. The normalized spacial score (nSPS) is 12.6. The Bertz CT molecular complexity index is 2530. The van der Waals surface area contributed by atoms with Crippen molar-refractivity contribution in [1.82, 2.24) is 0 Å². The molecule has 1 heterocycles. The lowest BCUT2D eigenvalue weighted by atomic mass is 9.86. The minimum absolute atomic E-state index is 1.20. The van der Waals surface area contributed by atoms with Crippen LogP contribution in [-0.4, -0.2) is 0 Å². The largest absolute Gasteiger partial charge is 0.135 e. The van der Waals surface area contributed by atoms with E-state index < -0.39 is 0 Å². The van der Waals surface area contributed by atoms with E-state index in [1.165, 1.54) is 85.5 Å². The van der Waals surface area contributed by atoms with Gasteiger partial charge < -0.3 is 0 Å². The first-order chi connectivity index (χ1) is 21.7. The number of thiophene rings is 1. The number of allylic oxidation sites excluding steroid dienone is 1. The zero-order valence-corrected chi connectivity index (χ0v) is 25.4. The SMILES string of the molecule is C=C/C=c1/c(-c2ccc3ccccc3c2)c2ccccc2c(-c2cccc(-c3ccc4sc5ccccc5c4c3)c2)/c1=C/C. The fraction of sp³-hybridized carbons (Fsp3) is 0.0233. The Kier molecular flexibility index (Phi) is 6.47. The average molecular weight is 579 g/mol. The molecule has 8 rings (SSSR count). The number of rotatable bonds is 4. The van der Waals surface area contributed by atoms with Crippen molar-refractivity contribution in [1.29, 1.82) is 0 Å². The van der Waals surface area contributed by atoms with E-state index in [2.05, 4.69) is 159 Å². The smallest absolute Gasteiger partial charge is 0.0355 e. The molecule has 0 nitrogen and oxygen atoms in total. The lowest BCUT2D eigenvalue weighted by Gasteiger charge is -2.17. The summed E-state index contributed by atoms with van der Waals surface area (Å²) in [6.45, 7) is 6.28. The van der Waals surface area contributed by atoms with Gasteiger partial charge in [0.15, 0.2) is 0 Å². The van der Waals surface area contributed by atoms with E-state index in [4.69, 9.17) is 0 Å². The zero-order chi connectivity index (χ0) is 29.6. The summed E-state index contributed by atoms with van der Waals surface area (Å²) in [5, 5.41) is 10.1. The second-order valence-electron chi connectivity index (χ2n) is 11.3. The molecule has 0 saturated carbocycles. The third kappa shape index (κ3) is 4.28. The minimum Gasteiger partial charge on any atom is -0.135 e. The fourth-order valence-corrected chi connectivity index (χ4v) is 7.88. The molecule has 0 saturated heterocycles. The van der Waals surface area contributed by atoms with E-state index in [-0.39, 0.29) is 0 Å². The molecule has 0 bridgehead atoms. The zero-order valence-electron chi connectivity index (χ0n) is 24.5. The van der Waals surface area contributed by atoms with Crippen LogP contribution >= 0.6 is 11.3 Å². The van der Waals surface area contributed by atoms with Gasteiger partial charge in [-0.3, -0.25) is 0 Å². The molecule has 7 aromatic carbocycles. The van der Waals surface area contributed by atoms with Gasteiger partial charge in [0, 0.05) is 20.2 Å². The van der Waals surface area contributed by atoms with Crippen LogP contribution in [0.1, 0.15) is 6.92 Å². The van der Waals surface area contributed by atoms with Gasteiger partial charge in [-0.05, 0) is 103 Å². The maximum Gasteiger partial charge on any atom is 0.0355 e. The molecule has 0 amide bonds. The molecular weight excluding hydrogens is 549 g/mol. The molecule has 208 valence electrons. The molecule has 0 aliphatic rings. The molecule has 0 atom stereocenters. The Morgan fingerprint density at radius 2 is 1.09 bits per heavy atom. The summed E-state index contributed by atoms with van der Waals surface area (Å²) in [5.74, 6) is 0. The van der Waals surface area contributed by atoms with Gasteiger partial charge in [0.1, 0.15) is 0 Å². The van der Waals surface area contributed by atoms with E-state index in [1.807, 2.05) is 17.4 Å². The van der Waals surface area contributed by atoms with Crippen LogP contribution in [0.2, 0.25) is 0 Å². The molecule has 0 radical (unpaired) electrons. The first-order valence-electron chi connectivity index (χ1n) is 15.1. The summed E-state index contributed by atoms with van der Waals surface area (Å²) in [5.41, 5.74) is 7.39. The van der Waals surface area contributed by atoms with E-state index in [1.54, 1.807) is 0 Å². The van der Waals surface area contributed by atoms with Crippen LogP contribution in [0.4, 0.5) is 0 Å². The summed E-state index contributed by atoms with van der Waals surface area (Å²) in [6, 6.07) is 48.9.